The summed E-state index contributed by atoms with van der Waals surface area (Å²) in [5.74, 6) is -7.06. The zero-order valence-electron chi connectivity index (χ0n) is 31.1. The molecule has 0 aliphatic carbocycles. The van der Waals surface area contributed by atoms with Gasteiger partial charge in [0.1, 0.15) is 29.9 Å². The number of aliphatic hydroxyl groups is 4. The number of nitrogens with two attached hydrogens (primary N) is 1. The van der Waals surface area contributed by atoms with Crippen molar-refractivity contribution < 1.29 is 68.5 Å². The van der Waals surface area contributed by atoms with Crippen molar-refractivity contribution in [3.05, 3.63) is 0 Å². The molecule has 10 N–H and O–H groups in total. The van der Waals surface area contributed by atoms with Crippen LogP contribution in [0.3, 0.4) is 0 Å². The van der Waals surface area contributed by atoms with Crippen LogP contribution in [0.1, 0.15) is 54.9 Å². The number of hydrogen-bond donors (Lipinski definition) is 9. The fourth-order valence-electron chi connectivity index (χ4n) is 4.10. The monoisotopic (exact) mass is 770 g/mol. The normalized spacial score (nSPS) is 17.0. The Bertz CT molecular complexity index is 1210. The van der Waals surface area contributed by atoms with E-state index < -0.39 is 116 Å². The van der Waals surface area contributed by atoms with Gasteiger partial charge < -0.3 is 61.4 Å². The average molecular weight is 771 g/mol. The summed E-state index contributed by atoms with van der Waals surface area (Å²) in [4.78, 5) is 77.8. The molecule has 0 saturated heterocycles. The molecule has 0 aliphatic rings. The molecule has 20 heteroatoms. The van der Waals surface area contributed by atoms with Crippen LogP contribution in [-0.2, 0) is 38.2 Å². The molecule has 0 aromatic rings. The number of carboxylic acid groups (broad SMARTS) is 1. The Labute approximate surface area is 303 Å². The van der Waals surface area contributed by atoms with Gasteiger partial charge in [-0.1, -0.05) is 19.6 Å². The Morgan fingerprint density at radius 2 is 1.47 bits per heavy atom. The molecule has 18 nitrogen and oxygen atoms in total. The third-order valence-corrected chi connectivity index (χ3v) is 9.35. The molecule has 0 heterocycles. The van der Waals surface area contributed by atoms with E-state index in [0.29, 0.717) is 6.04 Å². The van der Waals surface area contributed by atoms with Crippen LogP contribution < -0.4 is 21.7 Å². The maximum Gasteiger partial charge on any atom is 0.408 e. The molecule has 0 aliphatic heterocycles. The minimum absolute atomic E-state index is 0.134. The van der Waals surface area contributed by atoms with E-state index >= 15 is 0 Å². The molecular formula is C31H58N4O14SSi. The third kappa shape index (κ3) is 18.0. The highest BCUT2D eigenvalue weighted by atomic mass is 32.2. The Balaban J connectivity index is 7.01. The van der Waals surface area contributed by atoms with Crippen LogP contribution in [0.15, 0.2) is 0 Å². The molecule has 296 valence electrons. The number of esters is 1. The molecule has 0 bridgehead atoms. The molecule has 0 spiro atoms. The van der Waals surface area contributed by atoms with E-state index in [1.807, 2.05) is 19.6 Å². The number of Topliss-reactive ketones (excluding diaryl/α,β-unsaturated/α-hetero) is 1. The van der Waals surface area contributed by atoms with E-state index in [0.717, 1.165) is 11.8 Å². The number of ketones is 1. The van der Waals surface area contributed by atoms with Gasteiger partial charge in [0.2, 0.25) is 17.6 Å². The van der Waals surface area contributed by atoms with Gasteiger partial charge in [-0.2, -0.15) is 0 Å². The molecule has 0 fully saturated rings. The summed E-state index contributed by atoms with van der Waals surface area (Å²) in [6.45, 7) is 15.4. The van der Waals surface area contributed by atoms with Crippen molar-refractivity contribution in [1.29, 1.82) is 0 Å². The number of rotatable bonds is 21. The van der Waals surface area contributed by atoms with Gasteiger partial charge in [-0.15, -0.1) is 11.8 Å². The first-order valence-electron chi connectivity index (χ1n) is 16.3. The number of aliphatic carboxylic acids is 1. The Morgan fingerprint density at radius 3 is 1.92 bits per heavy atom. The van der Waals surface area contributed by atoms with E-state index in [4.69, 9.17) is 19.9 Å². The van der Waals surface area contributed by atoms with Crippen molar-refractivity contribution in [2.45, 2.75) is 134 Å². The number of aliphatic hydroxyl groups excluding tert-OH is 3. The molecule has 0 rings (SSSR count). The number of hydrogen-bond acceptors (Lipinski definition) is 15. The zero-order chi connectivity index (χ0) is 40.1. The van der Waals surface area contributed by atoms with Crippen LogP contribution in [0.2, 0.25) is 25.7 Å². The second kappa shape index (κ2) is 20.4. The van der Waals surface area contributed by atoms with Gasteiger partial charge in [0, 0.05) is 33.7 Å². The topological polar surface area (TPSA) is 293 Å². The molecule has 0 aromatic carbocycles. The molecule has 51 heavy (non-hydrogen) atoms. The highest BCUT2D eigenvalue weighted by molar-refractivity contribution is 7.99. The van der Waals surface area contributed by atoms with Gasteiger partial charge in [0.15, 0.2) is 6.10 Å². The van der Waals surface area contributed by atoms with Crippen molar-refractivity contribution >= 4 is 55.5 Å². The fourth-order valence-corrected chi connectivity index (χ4v) is 5.70. The average Bonchev–Trinajstić information content (AvgIpc) is 2.97. The van der Waals surface area contributed by atoms with Gasteiger partial charge >= 0.3 is 18.0 Å². The lowest BCUT2D eigenvalue weighted by Gasteiger charge is -2.36. The van der Waals surface area contributed by atoms with Gasteiger partial charge in [0.05, 0.1) is 24.2 Å². The Morgan fingerprint density at radius 1 is 0.902 bits per heavy atom. The predicted octanol–water partition coefficient (Wildman–Crippen LogP) is -0.927. The lowest BCUT2D eigenvalue weighted by atomic mass is 9.83. The second-order valence-corrected chi connectivity index (χ2v) is 21.8. The number of carbonyl (C=O) groups is 6. The largest absolute Gasteiger partial charge is 0.479 e. The minimum atomic E-state index is -3.60. The number of carbonyl (C=O) groups excluding carboxylic acids is 5. The standard InChI is InChI=1S/C31H58N4O14SSi/c1-17(36)33-16-50-15-19(23(39)31(46,24(40)22(38)20(37)14-32)27(44)47-11-12-51(8,9)10)34-25(41)18(35-28(45)49-30(5,6)7)13-21(26(42)43)48-29(2,3)4/h18-22,24,37-38,40,46H,11-16,32H2,1-10H3,(H,33,36)(H,34,41)(H,35,45)(H,42,43)/t18-,19-,20+,21?,22+,24-,31+/m0/s1. The first-order valence-corrected chi connectivity index (χ1v) is 21.1. The molecular weight excluding hydrogens is 713 g/mol. The maximum absolute atomic E-state index is 14.2. The van der Waals surface area contributed by atoms with Gasteiger partial charge in [-0.25, -0.2) is 14.4 Å². The highest BCUT2D eigenvalue weighted by Crippen LogP contribution is 2.24. The van der Waals surface area contributed by atoms with E-state index in [-0.39, 0.29) is 12.5 Å². The van der Waals surface area contributed by atoms with Crippen LogP contribution in [0.4, 0.5) is 4.79 Å². The number of carboxylic acids is 1. The van der Waals surface area contributed by atoms with Crippen LogP contribution in [0.25, 0.3) is 0 Å². The summed E-state index contributed by atoms with van der Waals surface area (Å²) >= 11 is 0.831. The van der Waals surface area contributed by atoms with Crippen molar-refractivity contribution in [2.75, 3.05) is 24.8 Å². The molecule has 0 saturated carbocycles. The Hall–Kier alpha value is -2.85. The zero-order valence-corrected chi connectivity index (χ0v) is 32.9. The van der Waals surface area contributed by atoms with E-state index in [9.17, 15) is 54.3 Å². The molecule has 0 radical (unpaired) electrons. The molecule has 3 amide bonds. The van der Waals surface area contributed by atoms with Gasteiger partial charge in [-0.05, 0) is 47.6 Å². The molecule has 0 aromatic heterocycles. The van der Waals surface area contributed by atoms with Crippen LogP contribution in [0, 0.1) is 0 Å². The van der Waals surface area contributed by atoms with Crippen molar-refractivity contribution in [3.63, 3.8) is 0 Å². The van der Waals surface area contributed by atoms with Crippen molar-refractivity contribution in [3.8, 4) is 0 Å². The lowest BCUT2D eigenvalue weighted by Crippen LogP contribution is -2.68. The van der Waals surface area contributed by atoms with Crippen LogP contribution in [0.5, 0.6) is 0 Å². The van der Waals surface area contributed by atoms with E-state index in [2.05, 4.69) is 16.0 Å². The summed E-state index contributed by atoms with van der Waals surface area (Å²) in [6.07, 6.45) is -10.5. The van der Waals surface area contributed by atoms with Crippen molar-refractivity contribution in [2.24, 2.45) is 5.73 Å². The SMILES string of the molecule is CC(=O)NCSC[C@H](NC(=O)[C@H](CC(OC(C)(C)C)C(=O)O)NC(=O)OC(C)(C)C)C(=O)[C@](O)(C(=O)OCC[Si](C)(C)C)[C@@H](O)[C@H](O)[C@H](O)CN. The fraction of sp³-hybridized carbons (Fsp3) is 0.806. The van der Waals surface area contributed by atoms with E-state index in [1.54, 1.807) is 20.8 Å². The van der Waals surface area contributed by atoms with E-state index in [1.165, 1.54) is 27.7 Å². The summed E-state index contributed by atoms with van der Waals surface area (Å²) in [6, 6.07) is -3.32. The minimum Gasteiger partial charge on any atom is -0.479 e. The number of alkyl carbamates (subject to hydrolysis) is 1. The number of thioether (sulfide) groups is 1. The summed E-state index contributed by atoms with van der Waals surface area (Å²) in [5.41, 5.74) is -0.285. The second-order valence-electron chi connectivity index (χ2n) is 15.1. The number of amides is 3. The molecule has 7 atom stereocenters. The number of nitrogens with one attached hydrogen (secondary N) is 3. The summed E-state index contributed by atoms with van der Waals surface area (Å²) in [7, 11) is -1.84. The lowest BCUT2D eigenvalue weighted by molar-refractivity contribution is -0.196. The number of ether oxygens (including phenoxy) is 3. The summed E-state index contributed by atoms with van der Waals surface area (Å²) < 4.78 is 16.0. The third-order valence-electron chi connectivity index (χ3n) is 6.73. The van der Waals surface area contributed by atoms with Crippen LogP contribution >= 0.6 is 11.8 Å². The van der Waals surface area contributed by atoms with Crippen LogP contribution in [-0.4, -0.2) is 147 Å². The highest BCUT2D eigenvalue weighted by Gasteiger charge is 2.57. The predicted molar refractivity (Wildman–Crippen MR) is 189 cm³/mol. The van der Waals surface area contributed by atoms with Crippen molar-refractivity contribution in [1.82, 2.24) is 16.0 Å². The first-order chi connectivity index (χ1) is 23.1. The quantitative estimate of drug-likeness (QED) is 0.0224. The maximum atomic E-state index is 14.2. The summed E-state index contributed by atoms with van der Waals surface area (Å²) in [5, 5.41) is 60.2. The first kappa shape index (κ1) is 48.1. The van der Waals surface area contributed by atoms with Gasteiger partial charge in [0.25, 0.3) is 5.60 Å². The smallest absolute Gasteiger partial charge is 0.408 e. The molecule has 1 unspecified atom stereocenters. The van der Waals surface area contributed by atoms with Gasteiger partial charge in [-0.3, -0.25) is 14.4 Å². The Kier molecular flexibility index (Phi) is 19.3.